The van der Waals surface area contributed by atoms with Crippen LogP contribution in [0.5, 0.6) is 0 Å². The standard InChI is InChI=1S/C66H46N4O2S2/c67-46-50(66(71)72)43-60-44-61(47-31-37-57(38-32-47)68(51-19-7-1-8-20-51)52-21-9-2-10-22-52)65(73-60)63-45-62(48-33-39-58(40-34-48)69(53-23-11-3-12-24-53)54-25-13-4-14-26-54)64(74-63)49-35-41-59(42-36-49)70(55-27-15-5-16-28-55)56-29-17-6-18-30-56/h1-45H,(H,71,72)/b50-43+. The number of aliphatic carboxylic acids is 1. The number of hydrogen-bond donors (Lipinski definition) is 1. The van der Waals surface area contributed by atoms with Crippen molar-refractivity contribution in [1.29, 1.82) is 5.26 Å². The van der Waals surface area contributed by atoms with Gasteiger partial charge in [0.25, 0.3) is 0 Å². The smallest absolute Gasteiger partial charge is 0.346 e. The monoisotopic (exact) mass is 990 g/mol. The molecule has 0 aliphatic carbocycles. The third kappa shape index (κ3) is 9.90. The number of thiophene rings is 2. The van der Waals surface area contributed by atoms with Gasteiger partial charge in [0, 0.05) is 76.9 Å². The Kier molecular flexibility index (Phi) is 13.6. The summed E-state index contributed by atoms with van der Waals surface area (Å²) in [6, 6.07) is 94.4. The van der Waals surface area contributed by atoms with Crippen LogP contribution >= 0.6 is 22.7 Å². The lowest BCUT2D eigenvalue weighted by Gasteiger charge is -2.25. The Balaban J connectivity index is 1.05. The Morgan fingerprint density at radius 3 is 0.986 bits per heavy atom. The number of carboxylic acids is 1. The Morgan fingerprint density at radius 1 is 0.378 bits per heavy atom. The molecule has 0 aliphatic rings. The van der Waals surface area contributed by atoms with Crippen molar-refractivity contribution in [3.8, 4) is 48.5 Å². The van der Waals surface area contributed by atoms with E-state index in [1.165, 1.54) is 17.4 Å². The molecule has 0 spiro atoms. The number of benzene rings is 9. The van der Waals surface area contributed by atoms with Crippen LogP contribution in [0.25, 0.3) is 48.5 Å². The van der Waals surface area contributed by atoms with E-state index in [1.54, 1.807) is 11.3 Å². The fraction of sp³-hybridized carbons (Fsp3) is 0. The summed E-state index contributed by atoms with van der Waals surface area (Å²) in [5.74, 6) is -1.26. The maximum absolute atomic E-state index is 12.2. The van der Waals surface area contributed by atoms with E-state index < -0.39 is 5.97 Å². The van der Waals surface area contributed by atoms with E-state index in [4.69, 9.17) is 0 Å². The van der Waals surface area contributed by atoms with Crippen molar-refractivity contribution in [2.24, 2.45) is 0 Å². The molecule has 0 fully saturated rings. The van der Waals surface area contributed by atoms with E-state index in [1.807, 2.05) is 72.8 Å². The van der Waals surface area contributed by atoms with Crippen molar-refractivity contribution < 1.29 is 9.90 Å². The molecule has 0 bridgehead atoms. The van der Waals surface area contributed by atoms with Gasteiger partial charge in [0.1, 0.15) is 11.6 Å². The zero-order chi connectivity index (χ0) is 50.2. The van der Waals surface area contributed by atoms with Crippen LogP contribution in [-0.4, -0.2) is 11.1 Å². The molecule has 2 aromatic heterocycles. The molecule has 0 saturated carbocycles. The van der Waals surface area contributed by atoms with E-state index >= 15 is 0 Å². The molecular formula is C66H46N4O2S2. The maximum Gasteiger partial charge on any atom is 0.346 e. The maximum atomic E-state index is 12.2. The van der Waals surface area contributed by atoms with Crippen LogP contribution < -0.4 is 14.7 Å². The van der Waals surface area contributed by atoms with Gasteiger partial charge in [-0.15, -0.1) is 22.7 Å². The second-order valence-electron chi connectivity index (χ2n) is 17.4. The van der Waals surface area contributed by atoms with Crippen LogP contribution in [0.1, 0.15) is 4.88 Å². The van der Waals surface area contributed by atoms with Gasteiger partial charge in [0.15, 0.2) is 0 Å². The number of nitriles is 1. The lowest BCUT2D eigenvalue weighted by Crippen LogP contribution is -2.09. The van der Waals surface area contributed by atoms with Crippen LogP contribution in [0.4, 0.5) is 51.2 Å². The number of hydrogen-bond acceptors (Lipinski definition) is 7. The van der Waals surface area contributed by atoms with Gasteiger partial charge >= 0.3 is 5.97 Å². The SMILES string of the molecule is N#C/C(=C\c1cc(-c2ccc(N(c3ccccc3)c3ccccc3)cc2)c(-c2cc(-c3ccc(N(c4ccccc4)c4ccccc4)cc3)c(-c3ccc(N(c4ccccc4)c4ccccc4)cc3)s2)s1)C(=O)O. The molecule has 0 radical (unpaired) electrons. The molecular weight excluding hydrogens is 945 g/mol. The highest BCUT2D eigenvalue weighted by molar-refractivity contribution is 7.25. The molecule has 8 heteroatoms. The molecule has 0 saturated heterocycles. The number of rotatable bonds is 15. The van der Waals surface area contributed by atoms with Gasteiger partial charge < -0.3 is 19.8 Å². The number of carboxylic acid groups (broad SMARTS) is 1. The van der Waals surface area contributed by atoms with E-state index in [9.17, 15) is 15.2 Å². The van der Waals surface area contributed by atoms with Crippen molar-refractivity contribution in [3.05, 3.63) is 277 Å². The average Bonchev–Trinajstić information content (AvgIpc) is 4.10. The highest BCUT2D eigenvalue weighted by Crippen LogP contribution is 2.50. The van der Waals surface area contributed by atoms with Crippen LogP contribution in [0, 0.1) is 11.3 Å². The first-order chi connectivity index (χ1) is 36.5. The lowest BCUT2D eigenvalue weighted by atomic mass is 10.00. The zero-order valence-electron chi connectivity index (χ0n) is 39.9. The van der Waals surface area contributed by atoms with Crippen molar-refractivity contribution in [3.63, 3.8) is 0 Å². The molecule has 11 aromatic rings. The molecule has 354 valence electrons. The Morgan fingerprint density at radius 2 is 0.676 bits per heavy atom. The van der Waals surface area contributed by atoms with Crippen molar-refractivity contribution in [2.45, 2.75) is 0 Å². The minimum atomic E-state index is -1.26. The molecule has 1 N–H and O–H groups in total. The van der Waals surface area contributed by atoms with Gasteiger partial charge in [-0.2, -0.15) is 5.26 Å². The quantitative estimate of drug-likeness (QED) is 0.0815. The van der Waals surface area contributed by atoms with Crippen LogP contribution in [0.3, 0.4) is 0 Å². The Hall–Kier alpha value is -9.52. The fourth-order valence-electron chi connectivity index (χ4n) is 9.24. The van der Waals surface area contributed by atoms with Crippen LogP contribution in [0.2, 0.25) is 0 Å². The number of carbonyl (C=O) groups is 1. The summed E-state index contributed by atoms with van der Waals surface area (Å²) >= 11 is 3.19. The lowest BCUT2D eigenvalue weighted by molar-refractivity contribution is -0.132. The van der Waals surface area contributed by atoms with E-state index in [0.717, 1.165) is 93.6 Å². The fourth-order valence-corrected chi connectivity index (χ4v) is 11.7. The van der Waals surface area contributed by atoms with Gasteiger partial charge in [-0.25, -0.2) is 4.79 Å². The molecule has 6 nitrogen and oxygen atoms in total. The second kappa shape index (κ2) is 21.5. The van der Waals surface area contributed by atoms with Gasteiger partial charge in [0.2, 0.25) is 0 Å². The van der Waals surface area contributed by atoms with E-state index in [2.05, 4.69) is 215 Å². The first kappa shape index (κ1) is 46.8. The molecule has 74 heavy (non-hydrogen) atoms. The van der Waals surface area contributed by atoms with Crippen LogP contribution in [-0.2, 0) is 4.79 Å². The highest BCUT2D eigenvalue weighted by atomic mass is 32.1. The summed E-state index contributed by atoms with van der Waals surface area (Å²) in [4.78, 5) is 22.7. The summed E-state index contributed by atoms with van der Waals surface area (Å²) in [7, 11) is 0. The molecule has 0 aliphatic heterocycles. The van der Waals surface area contributed by atoms with E-state index in [0.29, 0.717) is 4.88 Å². The Bertz CT molecular complexity index is 3460. The molecule has 0 amide bonds. The highest BCUT2D eigenvalue weighted by Gasteiger charge is 2.23. The summed E-state index contributed by atoms with van der Waals surface area (Å²) in [5, 5.41) is 19.9. The second-order valence-corrected chi connectivity index (χ2v) is 19.5. The first-order valence-electron chi connectivity index (χ1n) is 24.1. The summed E-state index contributed by atoms with van der Waals surface area (Å²) < 4.78 is 0. The van der Waals surface area contributed by atoms with Gasteiger partial charge in [-0.3, -0.25) is 0 Å². The number of anilines is 9. The minimum absolute atomic E-state index is 0.325. The normalized spacial score (nSPS) is 11.1. The predicted molar refractivity (Wildman–Crippen MR) is 309 cm³/mol. The Labute approximate surface area is 439 Å². The summed E-state index contributed by atoms with van der Waals surface area (Å²) in [6.07, 6.45) is 1.48. The van der Waals surface area contributed by atoms with Gasteiger partial charge in [-0.1, -0.05) is 146 Å². The average molecular weight is 991 g/mol. The number of nitrogens with zero attached hydrogens (tertiary/aromatic N) is 4. The molecule has 0 atom stereocenters. The third-order valence-electron chi connectivity index (χ3n) is 12.7. The topological polar surface area (TPSA) is 70.8 Å². The van der Waals surface area contributed by atoms with Gasteiger partial charge in [0.05, 0.1) is 4.88 Å². The minimum Gasteiger partial charge on any atom is -0.477 e. The van der Waals surface area contributed by atoms with Crippen molar-refractivity contribution in [2.75, 3.05) is 14.7 Å². The summed E-state index contributed by atoms with van der Waals surface area (Å²) in [5.41, 5.74) is 14.1. The number of para-hydroxylation sites is 6. The molecule has 11 rings (SSSR count). The van der Waals surface area contributed by atoms with Crippen LogP contribution in [0.15, 0.2) is 272 Å². The third-order valence-corrected chi connectivity index (χ3v) is 15.1. The molecule has 2 heterocycles. The van der Waals surface area contributed by atoms with Crippen molar-refractivity contribution in [1.82, 2.24) is 0 Å². The molecule has 9 aromatic carbocycles. The van der Waals surface area contributed by atoms with Gasteiger partial charge in [-0.05, 0) is 144 Å². The van der Waals surface area contributed by atoms with E-state index in [-0.39, 0.29) is 5.57 Å². The predicted octanol–water partition coefficient (Wildman–Crippen LogP) is 18.9. The molecule has 0 unspecified atom stereocenters. The zero-order valence-corrected chi connectivity index (χ0v) is 41.6. The van der Waals surface area contributed by atoms with Crippen molar-refractivity contribution >= 4 is 85.9 Å². The largest absolute Gasteiger partial charge is 0.477 e. The first-order valence-corrected chi connectivity index (χ1v) is 25.8. The summed E-state index contributed by atoms with van der Waals surface area (Å²) in [6.45, 7) is 0.